The maximum Gasteiger partial charge on any atom is 0.188 e. The lowest BCUT2D eigenvalue weighted by atomic mass is 10.2. The Morgan fingerprint density at radius 3 is 2.90 bits per heavy atom. The summed E-state index contributed by atoms with van der Waals surface area (Å²) in [7, 11) is 0. The van der Waals surface area contributed by atoms with Crippen LogP contribution in [0, 0.1) is 0 Å². The average molecular weight is 146 g/mol. The highest BCUT2D eigenvalue weighted by Crippen LogP contribution is 2.18. The van der Waals surface area contributed by atoms with E-state index in [1.165, 1.54) is 0 Å². The minimum atomic E-state index is -1.10. The van der Waals surface area contributed by atoms with Crippen LogP contribution in [0.2, 0.25) is 0 Å². The van der Waals surface area contributed by atoms with Gasteiger partial charge in [0, 0.05) is 6.61 Å². The van der Waals surface area contributed by atoms with Crippen molar-refractivity contribution in [2.45, 2.75) is 32.2 Å². The first-order valence-corrected chi connectivity index (χ1v) is 3.61. The van der Waals surface area contributed by atoms with Crippen LogP contribution in [0.15, 0.2) is 0 Å². The van der Waals surface area contributed by atoms with Gasteiger partial charge < -0.3 is 14.6 Å². The summed E-state index contributed by atoms with van der Waals surface area (Å²) < 4.78 is 10.4. The molecule has 0 saturated carbocycles. The molecule has 1 fully saturated rings. The molecule has 1 saturated heterocycles. The molecule has 0 aromatic carbocycles. The fraction of sp³-hybridized carbons (Fsp3) is 1.00. The standard InChI is InChI=1S/C7H14O3/c1-6-7(2,8)10-5-3-4-9-6/h6,8H,3-5H2,1-2H3. The Kier molecular flexibility index (Phi) is 2.28. The zero-order valence-corrected chi connectivity index (χ0v) is 6.46. The zero-order valence-electron chi connectivity index (χ0n) is 6.46. The van der Waals surface area contributed by atoms with Crippen LogP contribution in [0.25, 0.3) is 0 Å². The van der Waals surface area contributed by atoms with Crippen LogP contribution >= 0.6 is 0 Å². The summed E-state index contributed by atoms with van der Waals surface area (Å²) in [5, 5.41) is 9.48. The van der Waals surface area contributed by atoms with Crippen molar-refractivity contribution < 1.29 is 14.6 Å². The molecule has 3 nitrogen and oxygen atoms in total. The van der Waals surface area contributed by atoms with Gasteiger partial charge >= 0.3 is 0 Å². The maximum atomic E-state index is 9.48. The normalized spacial score (nSPS) is 42.9. The number of hydrogen-bond donors (Lipinski definition) is 1. The minimum Gasteiger partial charge on any atom is -0.373 e. The molecule has 60 valence electrons. The molecular weight excluding hydrogens is 132 g/mol. The average Bonchev–Trinajstić information content (AvgIpc) is 1.96. The van der Waals surface area contributed by atoms with Gasteiger partial charge in [0.2, 0.25) is 0 Å². The van der Waals surface area contributed by atoms with Crippen LogP contribution in [0.4, 0.5) is 0 Å². The number of ether oxygens (including phenoxy) is 2. The van der Waals surface area contributed by atoms with E-state index in [9.17, 15) is 5.11 Å². The molecular formula is C7H14O3. The van der Waals surface area contributed by atoms with Crippen LogP contribution in [0.3, 0.4) is 0 Å². The highest BCUT2D eigenvalue weighted by atomic mass is 16.7. The smallest absolute Gasteiger partial charge is 0.188 e. The van der Waals surface area contributed by atoms with Crippen molar-refractivity contribution in [2.24, 2.45) is 0 Å². The fourth-order valence-corrected chi connectivity index (χ4v) is 0.870. The summed E-state index contributed by atoms with van der Waals surface area (Å²) in [5.74, 6) is -1.10. The SMILES string of the molecule is CC1OCCCOC1(C)O. The molecule has 1 aliphatic heterocycles. The number of rotatable bonds is 0. The molecule has 1 aliphatic rings. The van der Waals surface area contributed by atoms with Crippen LogP contribution in [0.5, 0.6) is 0 Å². The Morgan fingerprint density at radius 2 is 2.20 bits per heavy atom. The Labute approximate surface area is 60.9 Å². The second-order valence-electron chi connectivity index (χ2n) is 2.77. The molecule has 1 N–H and O–H groups in total. The van der Waals surface area contributed by atoms with Gasteiger partial charge in [-0.05, 0) is 20.3 Å². The Morgan fingerprint density at radius 1 is 1.50 bits per heavy atom. The third kappa shape index (κ3) is 1.68. The predicted octanol–water partition coefficient (Wildman–Crippen LogP) is 0.520. The second kappa shape index (κ2) is 2.86. The quantitative estimate of drug-likeness (QED) is 0.541. The van der Waals surface area contributed by atoms with Crippen molar-refractivity contribution in [1.82, 2.24) is 0 Å². The van der Waals surface area contributed by atoms with Crippen LogP contribution < -0.4 is 0 Å². The van der Waals surface area contributed by atoms with Crippen molar-refractivity contribution in [2.75, 3.05) is 13.2 Å². The summed E-state index contributed by atoms with van der Waals surface area (Å²) in [5.41, 5.74) is 0. The van der Waals surface area contributed by atoms with E-state index >= 15 is 0 Å². The lowest BCUT2D eigenvalue weighted by Crippen LogP contribution is -2.40. The van der Waals surface area contributed by atoms with E-state index in [-0.39, 0.29) is 6.10 Å². The van der Waals surface area contributed by atoms with Gasteiger partial charge in [0.1, 0.15) is 6.10 Å². The van der Waals surface area contributed by atoms with E-state index in [4.69, 9.17) is 9.47 Å². The molecule has 1 heterocycles. The molecule has 2 unspecified atom stereocenters. The van der Waals surface area contributed by atoms with E-state index in [1.54, 1.807) is 6.92 Å². The lowest BCUT2D eigenvalue weighted by molar-refractivity contribution is -0.233. The van der Waals surface area contributed by atoms with E-state index in [0.29, 0.717) is 13.2 Å². The molecule has 3 heteroatoms. The van der Waals surface area contributed by atoms with Gasteiger partial charge in [0.05, 0.1) is 6.61 Å². The molecule has 0 amide bonds. The first-order chi connectivity index (χ1) is 4.63. The van der Waals surface area contributed by atoms with Crippen molar-refractivity contribution in [3.05, 3.63) is 0 Å². The maximum absolute atomic E-state index is 9.48. The van der Waals surface area contributed by atoms with Crippen LogP contribution in [0.1, 0.15) is 20.3 Å². The molecule has 10 heavy (non-hydrogen) atoms. The predicted molar refractivity (Wildman–Crippen MR) is 36.6 cm³/mol. The minimum absolute atomic E-state index is 0.227. The second-order valence-corrected chi connectivity index (χ2v) is 2.77. The molecule has 0 bridgehead atoms. The van der Waals surface area contributed by atoms with E-state index in [2.05, 4.69) is 0 Å². The molecule has 0 aromatic heterocycles. The summed E-state index contributed by atoms with van der Waals surface area (Å²) >= 11 is 0. The van der Waals surface area contributed by atoms with Crippen molar-refractivity contribution in [3.8, 4) is 0 Å². The van der Waals surface area contributed by atoms with Gasteiger partial charge in [-0.25, -0.2) is 0 Å². The monoisotopic (exact) mass is 146 g/mol. The van der Waals surface area contributed by atoms with Crippen molar-refractivity contribution >= 4 is 0 Å². The Hall–Kier alpha value is -0.120. The highest BCUT2D eigenvalue weighted by molar-refractivity contribution is 4.71. The fourth-order valence-electron chi connectivity index (χ4n) is 0.870. The lowest BCUT2D eigenvalue weighted by Gasteiger charge is -2.26. The third-order valence-corrected chi connectivity index (χ3v) is 1.81. The van der Waals surface area contributed by atoms with Crippen LogP contribution in [-0.4, -0.2) is 30.2 Å². The molecule has 0 spiro atoms. The zero-order chi connectivity index (χ0) is 7.61. The first kappa shape index (κ1) is 7.98. The summed E-state index contributed by atoms with van der Waals surface area (Å²) in [4.78, 5) is 0. The van der Waals surface area contributed by atoms with Crippen molar-refractivity contribution in [3.63, 3.8) is 0 Å². The Balaban J connectivity index is 2.52. The summed E-state index contributed by atoms with van der Waals surface area (Å²) in [6.45, 7) is 4.70. The number of aliphatic hydroxyl groups is 1. The van der Waals surface area contributed by atoms with Gasteiger partial charge in [0.15, 0.2) is 5.79 Å². The van der Waals surface area contributed by atoms with Crippen molar-refractivity contribution in [1.29, 1.82) is 0 Å². The van der Waals surface area contributed by atoms with E-state index in [0.717, 1.165) is 6.42 Å². The Bertz CT molecular complexity index is 111. The van der Waals surface area contributed by atoms with Gasteiger partial charge in [-0.1, -0.05) is 0 Å². The highest BCUT2D eigenvalue weighted by Gasteiger charge is 2.31. The third-order valence-electron chi connectivity index (χ3n) is 1.81. The van der Waals surface area contributed by atoms with Gasteiger partial charge in [-0.2, -0.15) is 0 Å². The van der Waals surface area contributed by atoms with E-state index < -0.39 is 5.79 Å². The van der Waals surface area contributed by atoms with Crippen LogP contribution in [-0.2, 0) is 9.47 Å². The molecule has 0 aromatic rings. The van der Waals surface area contributed by atoms with E-state index in [1.807, 2.05) is 6.92 Å². The first-order valence-electron chi connectivity index (χ1n) is 3.61. The molecule has 2 atom stereocenters. The molecule has 0 aliphatic carbocycles. The van der Waals surface area contributed by atoms with Gasteiger partial charge in [-0.3, -0.25) is 0 Å². The molecule has 1 rings (SSSR count). The molecule has 0 radical (unpaired) electrons. The number of hydrogen-bond acceptors (Lipinski definition) is 3. The largest absolute Gasteiger partial charge is 0.373 e. The summed E-state index contributed by atoms with van der Waals surface area (Å²) in [6, 6.07) is 0. The van der Waals surface area contributed by atoms with Gasteiger partial charge in [0.25, 0.3) is 0 Å². The van der Waals surface area contributed by atoms with Gasteiger partial charge in [-0.15, -0.1) is 0 Å². The topological polar surface area (TPSA) is 38.7 Å². The summed E-state index contributed by atoms with van der Waals surface area (Å²) in [6.07, 6.45) is 0.635.